The summed E-state index contributed by atoms with van der Waals surface area (Å²) in [5, 5.41) is 13.3. The highest BCUT2D eigenvalue weighted by Gasteiger charge is 2.23. The highest BCUT2D eigenvalue weighted by Crippen LogP contribution is 2.31. The second-order valence-corrected chi connectivity index (χ2v) is 8.48. The molecule has 0 amide bonds. The molecule has 28 heavy (non-hydrogen) atoms. The molecule has 3 rings (SSSR count). The first-order chi connectivity index (χ1) is 13.7. The van der Waals surface area contributed by atoms with Crippen LogP contribution in [0, 0.1) is 5.92 Å². The Hall–Kier alpha value is -1.86. The van der Waals surface area contributed by atoms with Crippen molar-refractivity contribution in [3.8, 4) is 0 Å². The lowest BCUT2D eigenvalue weighted by atomic mass is 9.84. The van der Waals surface area contributed by atoms with Crippen LogP contribution in [-0.2, 0) is 11.3 Å². The number of carboxylic acid groups (broad SMARTS) is 1. The molecule has 1 aromatic carbocycles. The van der Waals surface area contributed by atoms with Crippen molar-refractivity contribution in [3.05, 3.63) is 42.0 Å². The molecule has 1 unspecified atom stereocenters. The van der Waals surface area contributed by atoms with Crippen molar-refractivity contribution in [2.24, 2.45) is 5.92 Å². The van der Waals surface area contributed by atoms with Crippen molar-refractivity contribution in [2.45, 2.75) is 75.1 Å². The quantitative estimate of drug-likeness (QED) is 0.500. The summed E-state index contributed by atoms with van der Waals surface area (Å²) in [5.74, 6) is 0.787. The van der Waals surface area contributed by atoms with Gasteiger partial charge in [-0.15, -0.1) is 0 Å². The van der Waals surface area contributed by atoms with Gasteiger partial charge in [0.2, 0.25) is 5.89 Å². The molecular weight excluding hydrogens is 374 g/mol. The van der Waals surface area contributed by atoms with Crippen molar-refractivity contribution in [1.82, 2.24) is 14.9 Å². The average molecular weight is 404 g/mol. The molecule has 1 aliphatic carbocycles. The number of nitrogens with one attached hydrogen (secondary N) is 1. The number of hydrogen-bond donors (Lipinski definition) is 2. The predicted octanol–water partition coefficient (Wildman–Crippen LogP) is 5.18. The molecule has 1 aromatic heterocycles. The lowest BCUT2D eigenvalue weighted by molar-refractivity contribution is -0.137. The standard InChI is InChI=1S/C21H29N3O3S/c25-20(26)14-17(11-7-10-16-8-3-1-4-9-16)21-23-19(24-27-21)15-22-28-18-12-5-2-6-13-18/h2,5-6,12-13,16-17,22H,1,3-4,7-11,14-15H2,(H,25,26). The number of carboxylic acids is 1. The van der Waals surface area contributed by atoms with Crippen LogP contribution in [0.15, 0.2) is 39.8 Å². The van der Waals surface area contributed by atoms with Crippen LogP contribution in [0.2, 0.25) is 0 Å². The molecule has 7 heteroatoms. The summed E-state index contributed by atoms with van der Waals surface area (Å²) in [6.45, 7) is 0.463. The predicted molar refractivity (Wildman–Crippen MR) is 109 cm³/mol. The van der Waals surface area contributed by atoms with E-state index in [9.17, 15) is 9.90 Å². The molecule has 1 heterocycles. The molecule has 1 saturated carbocycles. The molecule has 0 radical (unpaired) electrons. The summed E-state index contributed by atoms with van der Waals surface area (Å²) in [5.41, 5.74) is 0. The third kappa shape index (κ3) is 6.95. The summed E-state index contributed by atoms with van der Waals surface area (Å²) >= 11 is 1.51. The number of rotatable bonds is 11. The van der Waals surface area contributed by atoms with E-state index in [4.69, 9.17) is 4.52 Å². The zero-order valence-corrected chi connectivity index (χ0v) is 17.0. The van der Waals surface area contributed by atoms with Crippen LogP contribution < -0.4 is 4.72 Å². The Balaban J connectivity index is 1.48. The van der Waals surface area contributed by atoms with Gasteiger partial charge in [0.05, 0.1) is 13.0 Å². The molecule has 152 valence electrons. The first-order valence-corrected chi connectivity index (χ1v) is 11.0. The third-order valence-corrected chi connectivity index (χ3v) is 6.10. The third-order valence-electron chi connectivity index (χ3n) is 5.31. The normalized spacial score (nSPS) is 16.1. The Morgan fingerprint density at radius 2 is 2.04 bits per heavy atom. The molecule has 2 N–H and O–H groups in total. The highest BCUT2D eigenvalue weighted by molar-refractivity contribution is 7.97. The van der Waals surface area contributed by atoms with Crippen molar-refractivity contribution >= 4 is 17.9 Å². The monoisotopic (exact) mass is 403 g/mol. The Morgan fingerprint density at radius 3 is 2.79 bits per heavy atom. The summed E-state index contributed by atoms with van der Waals surface area (Å²) in [7, 11) is 0. The van der Waals surface area contributed by atoms with E-state index in [2.05, 4.69) is 14.9 Å². The Kier molecular flexibility index (Phi) is 8.36. The Morgan fingerprint density at radius 1 is 1.25 bits per heavy atom. The second-order valence-electron chi connectivity index (χ2n) is 7.51. The van der Waals surface area contributed by atoms with Crippen molar-refractivity contribution in [1.29, 1.82) is 0 Å². The Bertz CT molecular complexity index is 717. The molecule has 2 aromatic rings. The minimum atomic E-state index is -0.819. The van der Waals surface area contributed by atoms with Crippen LogP contribution in [0.4, 0.5) is 0 Å². The lowest BCUT2D eigenvalue weighted by Crippen LogP contribution is -2.10. The van der Waals surface area contributed by atoms with Gasteiger partial charge in [-0.05, 0) is 36.4 Å². The number of aromatic nitrogens is 2. The van der Waals surface area contributed by atoms with E-state index < -0.39 is 5.97 Å². The van der Waals surface area contributed by atoms with Crippen molar-refractivity contribution < 1.29 is 14.4 Å². The summed E-state index contributed by atoms with van der Waals surface area (Å²) < 4.78 is 8.61. The van der Waals surface area contributed by atoms with E-state index in [1.807, 2.05) is 30.3 Å². The minimum absolute atomic E-state index is 0.0402. The van der Waals surface area contributed by atoms with E-state index in [-0.39, 0.29) is 12.3 Å². The fourth-order valence-corrected chi connectivity index (χ4v) is 4.49. The van der Waals surface area contributed by atoms with Gasteiger partial charge in [-0.3, -0.25) is 9.52 Å². The van der Waals surface area contributed by atoms with E-state index in [0.717, 1.165) is 23.7 Å². The Labute approximate surface area is 170 Å². The molecule has 0 bridgehead atoms. The van der Waals surface area contributed by atoms with Crippen LogP contribution in [0.25, 0.3) is 0 Å². The second kappa shape index (κ2) is 11.2. The summed E-state index contributed by atoms with van der Waals surface area (Å²) in [6.07, 6.45) is 9.69. The smallest absolute Gasteiger partial charge is 0.304 e. The maximum atomic E-state index is 11.3. The van der Waals surface area contributed by atoms with Crippen molar-refractivity contribution in [3.63, 3.8) is 0 Å². The van der Waals surface area contributed by atoms with Crippen molar-refractivity contribution in [2.75, 3.05) is 0 Å². The molecule has 6 nitrogen and oxygen atoms in total. The van der Waals surface area contributed by atoms with E-state index in [1.54, 1.807) is 0 Å². The minimum Gasteiger partial charge on any atom is -0.481 e. The average Bonchev–Trinajstić information content (AvgIpc) is 3.17. The number of carbonyl (C=O) groups is 1. The van der Waals surface area contributed by atoms with Gasteiger partial charge < -0.3 is 9.63 Å². The number of nitrogens with zero attached hydrogens (tertiary/aromatic N) is 2. The molecular formula is C21H29N3O3S. The molecule has 1 aliphatic rings. The molecule has 1 atom stereocenters. The molecule has 0 spiro atoms. The van der Waals surface area contributed by atoms with Gasteiger partial charge in [-0.1, -0.05) is 68.3 Å². The highest BCUT2D eigenvalue weighted by atomic mass is 32.2. The largest absolute Gasteiger partial charge is 0.481 e. The van der Waals surface area contributed by atoms with Crippen LogP contribution in [0.5, 0.6) is 0 Å². The van der Waals surface area contributed by atoms with Gasteiger partial charge in [0, 0.05) is 10.8 Å². The number of hydrogen-bond acceptors (Lipinski definition) is 6. The van der Waals surface area contributed by atoms with Gasteiger partial charge >= 0.3 is 5.97 Å². The zero-order chi connectivity index (χ0) is 19.6. The fraction of sp³-hybridized carbons (Fsp3) is 0.571. The van der Waals surface area contributed by atoms with E-state index in [1.165, 1.54) is 50.5 Å². The zero-order valence-electron chi connectivity index (χ0n) is 16.2. The van der Waals surface area contributed by atoms with Crippen LogP contribution in [0.3, 0.4) is 0 Å². The van der Waals surface area contributed by atoms with Gasteiger partial charge in [0.15, 0.2) is 5.82 Å². The summed E-state index contributed by atoms with van der Waals surface area (Å²) in [4.78, 5) is 16.8. The van der Waals surface area contributed by atoms with Gasteiger partial charge in [0.1, 0.15) is 0 Å². The van der Waals surface area contributed by atoms with E-state index in [0.29, 0.717) is 18.3 Å². The first-order valence-electron chi connectivity index (χ1n) is 10.2. The number of benzene rings is 1. The van der Waals surface area contributed by atoms with Gasteiger partial charge in [-0.25, -0.2) is 0 Å². The molecule has 0 saturated heterocycles. The molecule has 0 aliphatic heterocycles. The lowest BCUT2D eigenvalue weighted by Gasteiger charge is -2.21. The topological polar surface area (TPSA) is 88.2 Å². The first kappa shape index (κ1) is 20.9. The summed E-state index contributed by atoms with van der Waals surface area (Å²) in [6, 6.07) is 10.00. The SMILES string of the molecule is O=C(O)CC(CCCC1CCCCC1)c1nc(CNSc2ccccc2)no1. The van der Waals surface area contributed by atoms with Crippen LogP contribution >= 0.6 is 11.9 Å². The van der Waals surface area contributed by atoms with Crippen LogP contribution in [0.1, 0.15) is 75.4 Å². The number of aliphatic carboxylic acids is 1. The maximum absolute atomic E-state index is 11.3. The molecule has 1 fully saturated rings. The van der Waals surface area contributed by atoms with Crippen LogP contribution in [-0.4, -0.2) is 21.2 Å². The van der Waals surface area contributed by atoms with E-state index >= 15 is 0 Å². The maximum Gasteiger partial charge on any atom is 0.304 e. The fourth-order valence-electron chi connectivity index (χ4n) is 3.83. The van der Waals surface area contributed by atoms with Gasteiger partial charge in [-0.2, -0.15) is 4.98 Å². The van der Waals surface area contributed by atoms with Gasteiger partial charge in [0.25, 0.3) is 0 Å².